The third-order valence-corrected chi connectivity index (χ3v) is 5.93. The first-order valence-electron chi connectivity index (χ1n) is 8.05. The SMILES string of the molecule is CCO[Si](CCCN(C)C(=O)OC(C)(C)C)(OCC)OCC. The quantitative estimate of drug-likeness (QED) is 0.573. The summed E-state index contributed by atoms with van der Waals surface area (Å²) in [6.07, 6.45) is 0.436. The van der Waals surface area contributed by atoms with Crippen LogP contribution >= 0.6 is 0 Å². The highest BCUT2D eigenvalue weighted by molar-refractivity contribution is 6.60. The van der Waals surface area contributed by atoms with Crippen LogP contribution < -0.4 is 0 Å². The Morgan fingerprint density at radius 2 is 1.45 bits per heavy atom. The van der Waals surface area contributed by atoms with E-state index in [4.69, 9.17) is 18.0 Å². The van der Waals surface area contributed by atoms with E-state index < -0.39 is 14.4 Å². The first-order chi connectivity index (χ1) is 10.2. The van der Waals surface area contributed by atoms with Gasteiger partial charge in [-0.3, -0.25) is 0 Å². The molecule has 0 spiro atoms. The molecule has 7 heteroatoms. The summed E-state index contributed by atoms with van der Waals surface area (Å²) in [6.45, 7) is 13.7. The zero-order chi connectivity index (χ0) is 17.2. The average molecular weight is 336 g/mol. The van der Waals surface area contributed by atoms with Crippen LogP contribution in [-0.2, 0) is 18.0 Å². The zero-order valence-electron chi connectivity index (χ0n) is 15.2. The monoisotopic (exact) mass is 335 g/mol. The number of ether oxygens (including phenoxy) is 1. The predicted octanol–water partition coefficient (Wildman–Crippen LogP) is 3.29. The van der Waals surface area contributed by atoms with E-state index in [1.54, 1.807) is 11.9 Å². The number of carbonyl (C=O) groups excluding carboxylic acids is 1. The van der Waals surface area contributed by atoms with Gasteiger partial charge >= 0.3 is 14.9 Å². The van der Waals surface area contributed by atoms with Gasteiger partial charge in [-0.1, -0.05) is 0 Å². The number of hydrogen-bond donors (Lipinski definition) is 0. The summed E-state index contributed by atoms with van der Waals surface area (Å²) < 4.78 is 22.7. The normalized spacial score (nSPS) is 12.3. The topological polar surface area (TPSA) is 57.2 Å². The lowest BCUT2D eigenvalue weighted by Gasteiger charge is -2.29. The van der Waals surface area contributed by atoms with Crippen LogP contribution in [0.1, 0.15) is 48.0 Å². The van der Waals surface area contributed by atoms with E-state index >= 15 is 0 Å². The second-order valence-electron chi connectivity index (χ2n) is 5.99. The lowest BCUT2D eigenvalue weighted by atomic mass is 10.2. The minimum atomic E-state index is -2.62. The summed E-state index contributed by atoms with van der Waals surface area (Å²) in [5, 5.41) is 0. The molecule has 0 heterocycles. The van der Waals surface area contributed by atoms with Gasteiger partial charge < -0.3 is 22.9 Å². The van der Waals surface area contributed by atoms with Crippen molar-refractivity contribution in [3.05, 3.63) is 0 Å². The molecule has 0 rings (SSSR count). The van der Waals surface area contributed by atoms with Crippen molar-refractivity contribution in [2.45, 2.75) is 59.6 Å². The minimum absolute atomic E-state index is 0.316. The Morgan fingerprint density at radius 3 is 1.82 bits per heavy atom. The van der Waals surface area contributed by atoms with Crippen LogP contribution in [0.4, 0.5) is 4.79 Å². The second kappa shape index (κ2) is 10.2. The molecule has 0 aromatic carbocycles. The van der Waals surface area contributed by atoms with E-state index in [0.717, 1.165) is 6.42 Å². The Labute approximate surface area is 136 Å². The van der Waals surface area contributed by atoms with Crippen LogP contribution in [0, 0.1) is 0 Å². The Bertz CT molecular complexity index is 303. The van der Waals surface area contributed by atoms with Crippen LogP contribution in [0.3, 0.4) is 0 Å². The first kappa shape index (κ1) is 21.4. The van der Waals surface area contributed by atoms with Gasteiger partial charge in [0.2, 0.25) is 0 Å². The molecule has 132 valence electrons. The lowest BCUT2D eigenvalue weighted by molar-refractivity contribution is 0.0289. The van der Waals surface area contributed by atoms with Crippen molar-refractivity contribution in [3.8, 4) is 0 Å². The van der Waals surface area contributed by atoms with Gasteiger partial charge in [0.05, 0.1) is 0 Å². The van der Waals surface area contributed by atoms with Crippen LogP contribution in [0.15, 0.2) is 0 Å². The fourth-order valence-corrected chi connectivity index (χ4v) is 4.56. The fraction of sp³-hybridized carbons (Fsp3) is 0.933. The van der Waals surface area contributed by atoms with Crippen LogP contribution in [0.2, 0.25) is 6.04 Å². The number of carbonyl (C=O) groups is 1. The van der Waals surface area contributed by atoms with Crippen LogP contribution in [0.5, 0.6) is 0 Å². The van der Waals surface area contributed by atoms with Gasteiger partial charge in [-0.2, -0.15) is 0 Å². The lowest BCUT2D eigenvalue weighted by Crippen LogP contribution is -2.46. The van der Waals surface area contributed by atoms with Gasteiger partial charge in [0.1, 0.15) is 5.60 Å². The second-order valence-corrected chi connectivity index (χ2v) is 8.72. The van der Waals surface area contributed by atoms with E-state index in [-0.39, 0.29) is 6.09 Å². The van der Waals surface area contributed by atoms with Crippen molar-refractivity contribution >= 4 is 14.9 Å². The molecule has 0 fully saturated rings. The van der Waals surface area contributed by atoms with E-state index in [1.165, 1.54) is 0 Å². The molecular formula is C15H33NO5Si. The molecule has 0 saturated heterocycles. The molecule has 0 aromatic rings. The standard InChI is InChI=1S/C15H33NO5Si/c1-8-18-22(19-9-2,20-10-3)13-11-12-16(7)14(17)21-15(4,5)6/h8-13H2,1-7H3. The van der Waals surface area contributed by atoms with Crippen LogP contribution in [0.25, 0.3) is 0 Å². The molecule has 0 unspecified atom stereocenters. The summed E-state index contributed by atoms with van der Waals surface area (Å²) in [7, 11) is -0.887. The molecule has 0 saturated carbocycles. The summed E-state index contributed by atoms with van der Waals surface area (Å²) in [6, 6.07) is 0.690. The third-order valence-electron chi connectivity index (χ3n) is 2.77. The van der Waals surface area contributed by atoms with Gasteiger partial charge in [-0.15, -0.1) is 0 Å². The van der Waals surface area contributed by atoms with Gasteiger partial charge in [0.15, 0.2) is 0 Å². The summed E-state index contributed by atoms with van der Waals surface area (Å²) in [4.78, 5) is 13.5. The number of hydrogen-bond acceptors (Lipinski definition) is 5. The minimum Gasteiger partial charge on any atom is -0.444 e. The molecule has 1 amide bonds. The molecular weight excluding hydrogens is 302 g/mol. The molecule has 0 atom stereocenters. The Morgan fingerprint density at radius 1 is 1.00 bits per heavy atom. The highest BCUT2D eigenvalue weighted by Crippen LogP contribution is 2.19. The molecule has 0 N–H and O–H groups in total. The Hall–Kier alpha value is -0.633. The highest BCUT2D eigenvalue weighted by atomic mass is 28.4. The fourth-order valence-electron chi connectivity index (χ4n) is 1.97. The highest BCUT2D eigenvalue weighted by Gasteiger charge is 2.39. The van der Waals surface area contributed by atoms with Crippen LogP contribution in [-0.4, -0.2) is 58.8 Å². The average Bonchev–Trinajstić information content (AvgIpc) is 2.37. The maximum atomic E-state index is 11.9. The van der Waals surface area contributed by atoms with Crippen molar-refractivity contribution in [1.82, 2.24) is 4.90 Å². The van der Waals surface area contributed by atoms with E-state index in [1.807, 2.05) is 41.5 Å². The van der Waals surface area contributed by atoms with Crippen molar-refractivity contribution in [3.63, 3.8) is 0 Å². The molecule has 0 aromatic heterocycles. The Balaban J connectivity index is 4.44. The summed E-state index contributed by atoms with van der Waals surface area (Å²) >= 11 is 0. The molecule has 0 radical (unpaired) electrons. The molecule has 6 nitrogen and oxygen atoms in total. The van der Waals surface area contributed by atoms with Gasteiger partial charge in [-0.25, -0.2) is 4.79 Å². The smallest absolute Gasteiger partial charge is 0.444 e. The summed E-state index contributed by atoms with van der Waals surface area (Å²) in [5.74, 6) is 0. The third kappa shape index (κ3) is 8.72. The molecule has 0 aliphatic rings. The largest absolute Gasteiger partial charge is 0.500 e. The first-order valence-corrected chi connectivity index (χ1v) is 9.98. The van der Waals surface area contributed by atoms with Gasteiger partial charge in [0.25, 0.3) is 0 Å². The maximum Gasteiger partial charge on any atom is 0.500 e. The zero-order valence-corrected chi connectivity index (χ0v) is 16.2. The van der Waals surface area contributed by atoms with Crippen molar-refractivity contribution in [2.24, 2.45) is 0 Å². The van der Waals surface area contributed by atoms with Crippen molar-refractivity contribution < 1.29 is 22.8 Å². The van der Waals surface area contributed by atoms with E-state index in [9.17, 15) is 4.79 Å². The van der Waals surface area contributed by atoms with E-state index in [2.05, 4.69) is 0 Å². The van der Waals surface area contributed by atoms with Crippen molar-refractivity contribution in [2.75, 3.05) is 33.4 Å². The predicted molar refractivity (Wildman–Crippen MR) is 88.9 cm³/mol. The van der Waals surface area contributed by atoms with Gasteiger partial charge in [-0.05, 0) is 48.0 Å². The number of nitrogens with zero attached hydrogens (tertiary/aromatic N) is 1. The molecule has 0 bridgehead atoms. The molecule has 0 aliphatic heterocycles. The molecule has 0 aliphatic carbocycles. The van der Waals surface area contributed by atoms with Crippen molar-refractivity contribution in [1.29, 1.82) is 0 Å². The summed E-state index contributed by atoms with van der Waals surface area (Å²) in [5.41, 5.74) is -0.480. The Kier molecular flexibility index (Phi) is 9.91. The van der Waals surface area contributed by atoms with Gasteiger partial charge in [0, 0.05) is 39.5 Å². The number of rotatable bonds is 10. The molecule has 22 heavy (non-hydrogen) atoms. The van der Waals surface area contributed by atoms with E-state index in [0.29, 0.717) is 32.4 Å². The number of amides is 1. The maximum absolute atomic E-state index is 11.9.